The molecular formula is C18H17N3O5S. The zero-order chi connectivity index (χ0) is 19.6. The molecule has 140 valence electrons. The van der Waals surface area contributed by atoms with Crippen LogP contribution in [0.15, 0.2) is 53.3 Å². The number of carbonyl (C=O) groups is 1. The van der Waals surface area contributed by atoms with Gasteiger partial charge in [-0.3, -0.25) is 14.3 Å². The van der Waals surface area contributed by atoms with Gasteiger partial charge < -0.3 is 15.0 Å². The lowest BCUT2D eigenvalue weighted by Gasteiger charge is -2.12. The minimum atomic E-state index is -3.56. The molecule has 8 nitrogen and oxygen atoms in total. The van der Waals surface area contributed by atoms with Gasteiger partial charge in [0, 0.05) is 11.5 Å². The first-order chi connectivity index (χ1) is 12.8. The third kappa shape index (κ3) is 4.09. The molecule has 0 aliphatic rings. The first kappa shape index (κ1) is 18.5. The number of amides is 1. The number of nitrogens with one attached hydrogen (secondary N) is 3. The molecule has 3 rings (SSSR count). The van der Waals surface area contributed by atoms with Gasteiger partial charge >= 0.3 is 0 Å². The zero-order valence-corrected chi connectivity index (χ0v) is 15.4. The van der Waals surface area contributed by atoms with E-state index in [2.05, 4.69) is 15.0 Å². The van der Waals surface area contributed by atoms with E-state index in [-0.39, 0.29) is 22.3 Å². The Balaban J connectivity index is 2.06. The van der Waals surface area contributed by atoms with Crippen LogP contribution in [-0.2, 0) is 10.0 Å². The number of H-pyrrole nitrogens is 1. The highest BCUT2D eigenvalue weighted by atomic mass is 32.2. The number of anilines is 2. The van der Waals surface area contributed by atoms with Crippen molar-refractivity contribution in [3.63, 3.8) is 0 Å². The average molecular weight is 387 g/mol. The van der Waals surface area contributed by atoms with Gasteiger partial charge in [-0.25, -0.2) is 8.42 Å². The third-order valence-electron chi connectivity index (χ3n) is 3.76. The molecule has 0 saturated heterocycles. The van der Waals surface area contributed by atoms with Gasteiger partial charge in [-0.2, -0.15) is 0 Å². The van der Waals surface area contributed by atoms with Crippen LogP contribution in [0, 0.1) is 0 Å². The summed E-state index contributed by atoms with van der Waals surface area (Å²) in [5, 5.41) is 2.93. The number of ether oxygens (including phenoxy) is 1. The Morgan fingerprint density at radius 1 is 1.07 bits per heavy atom. The lowest BCUT2D eigenvalue weighted by atomic mass is 10.1. The highest BCUT2D eigenvalue weighted by molar-refractivity contribution is 7.92. The lowest BCUT2D eigenvalue weighted by molar-refractivity contribution is 0.102. The highest BCUT2D eigenvalue weighted by Gasteiger charge is 2.15. The van der Waals surface area contributed by atoms with Crippen molar-refractivity contribution >= 4 is 38.2 Å². The number of pyridine rings is 1. The minimum absolute atomic E-state index is 0.0128. The number of aromatic nitrogens is 1. The van der Waals surface area contributed by atoms with Crippen molar-refractivity contribution in [2.75, 3.05) is 23.4 Å². The molecule has 0 saturated carbocycles. The van der Waals surface area contributed by atoms with E-state index >= 15 is 0 Å². The quantitative estimate of drug-likeness (QED) is 0.620. The van der Waals surface area contributed by atoms with Gasteiger partial charge in [-0.15, -0.1) is 0 Å². The SMILES string of the molecule is COc1ccccc1NC(=O)c1cc(=O)c2cccc(NS(C)(=O)=O)c2[nH]1. The van der Waals surface area contributed by atoms with Gasteiger partial charge in [0.1, 0.15) is 11.4 Å². The summed E-state index contributed by atoms with van der Waals surface area (Å²) in [6.07, 6.45) is 1.00. The summed E-state index contributed by atoms with van der Waals surface area (Å²) in [6.45, 7) is 0. The zero-order valence-electron chi connectivity index (χ0n) is 14.6. The number of hydrogen-bond donors (Lipinski definition) is 3. The summed E-state index contributed by atoms with van der Waals surface area (Å²) in [6, 6.07) is 12.6. The largest absolute Gasteiger partial charge is 0.495 e. The normalized spacial score (nSPS) is 11.2. The fourth-order valence-electron chi connectivity index (χ4n) is 2.62. The van der Waals surface area contributed by atoms with Gasteiger partial charge in [0.15, 0.2) is 5.43 Å². The molecule has 1 heterocycles. The molecule has 3 aromatic rings. The van der Waals surface area contributed by atoms with E-state index < -0.39 is 21.4 Å². The third-order valence-corrected chi connectivity index (χ3v) is 4.35. The van der Waals surface area contributed by atoms with Gasteiger partial charge in [0.2, 0.25) is 10.0 Å². The number of carbonyl (C=O) groups excluding carboxylic acids is 1. The van der Waals surface area contributed by atoms with Crippen molar-refractivity contribution in [3.8, 4) is 5.75 Å². The number of hydrogen-bond acceptors (Lipinski definition) is 5. The van der Waals surface area contributed by atoms with Gasteiger partial charge in [-0.1, -0.05) is 18.2 Å². The van der Waals surface area contributed by atoms with E-state index in [4.69, 9.17) is 4.74 Å². The first-order valence-electron chi connectivity index (χ1n) is 7.87. The Kier molecular flexibility index (Phi) is 4.87. The molecular weight excluding hydrogens is 370 g/mol. The van der Waals surface area contributed by atoms with Crippen LogP contribution in [0.4, 0.5) is 11.4 Å². The number of fused-ring (bicyclic) bond motifs is 1. The molecule has 0 fully saturated rings. The number of sulfonamides is 1. The molecule has 1 amide bonds. The number of benzene rings is 2. The average Bonchev–Trinajstić information content (AvgIpc) is 2.61. The van der Waals surface area contributed by atoms with E-state index in [1.807, 2.05) is 0 Å². The molecule has 0 spiro atoms. The summed E-state index contributed by atoms with van der Waals surface area (Å²) in [5.74, 6) is -0.0962. The van der Waals surface area contributed by atoms with Crippen LogP contribution in [0.3, 0.4) is 0 Å². The van der Waals surface area contributed by atoms with Crippen LogP contribution in [0.25, 0.3) is 10.9 Å². The van der Waals surface area contributed by atoms with E-state index in [0.29, 0.717) is 11.4 Å². The van der Waals surface area contributed by atoms with Crippen molar-refractivity contribution in [1.82, 2.24) is 4.98 Å². The standard InChI is InChI=1S/C18H17N3O5S/c1-26-16-9-4-3-7-12(16)20-18(23)14-10-15(22)11-6-5-8-13(17(11)19-14)21-27(2,24)25/h3-10,21H,1-2H3,(H,19,22)(H,20,23). The Labute approximate surface area is 155 Å². The molecule has 27 heavy (non-hydrogen) atoms. The van der Waals surface area contributed by atoms with E-state index in [1.54, 1.807) is 36.4 Å². The van der Waals surface area contributed by atoms with Crippen molar-refractivity contribution in [2.24, 2.45) is 0 Å². The summed E-state index contributed by atoms with van der Waals surface area (Å²) < 4.78 is 30.6. The molecule has 1 aromatic heterocycles. The minimum Gasteiger partial charge on any atom is -0.495 e. The van der Waals surface area contributed by atoms with Crippen LogP contribution in [-0.4, -0.2) is 32.7 Å². The summed E-state index contributed by atoms with van der Waals surface area (Å²) in [5.41, 5.74) is 0.417. The number of methoxy groups -OCH3 is 1. The second-order valence-electron chi connectivity index (χ2n) is 5.80. The van der Waals surface area contributed by atoms with Crippen molar-refractivity contribution < 1.29 is 17.9 Å². The molecule has 0 radical (unpaired) electrons. The van der Waals surface area contributed by atoms with Crippen LogP contribution >= 0.6 is 0 Å². The van der Waals surface area contributed by atoms with Crippen LogP contribution < -0.4 is 20.2 Å². The van der Waals surface area contributed by atoms with Gasteiger partial charge in [0.05, 0.1) is 30.3 Å². The monoisotopic (exact) mass is 387 g/mol. The van der Waals surface area contributed by atoms with Crippen LogP contribution in [0.1, 0.15) is 10.5 Å². The Bertz CT molecular complexity index is 1190. The maximum atomic E-state index is 12.6. The molecule has 0 bridgehead atoms. The van der Waals surface area contributed by atoms with E-state index in [9.17, 15) is 18.0 Å². The number of rotatable bonds is 5. The van der Waals surface area contributed by atoms with E-state index in [0.717, 1.165) is 12.3 Å². The van der Waals surface area contributed by atoms with Gasteiger partial charge in [-0.05, 0) is 24.3 Å². The summed E-state index contributed by atoms with van der Waals surface area (Å²) in [4.78, 5) is 27.8. The predicted octanol–water partition coefficient (Wildman–Crippen LogP) is 2.16. The summed E-state index contributed by atoms with van der Waals surface area (Å²) in [7, 11) is -2.08. The van der Waals surface area contributed by atoms with Crippen LogP contribution in [0.2, 0.25) is 0 Å². The smallest absolute Gasteiger partial charge is 0.272 e. The maximum absolute atomic E-state index is 12.6. The molecule has 0 atom stereocenters. The van der Waals surface area contributed by atoms with E-state index in [1.165, 1.54) is 13.2 Å². The predicted molar refractivity (Wildman–Crippen MR) is 104 cm³/mol. The molecule has 2 aromatic carbocycles. The van der Waals surface area contributed by atoms with Crippen molar-refractivity contribution in [3.05, 3.63) is 64.4 Å². The molecule has 3 N–H and O–H groups in total. The molecule has 0 aliphatic heterocycles. The Morgan fingerprint density at radius 3 is 2.48 bits per heavy atom. The Morgan fingerprint density at radius 2 is 1.78 bits per heavy atom. The topological polar surface area (TPSA) is 117 Å². The molecule has 0 unspecified atom stereocenters. The lowest BCUT2D eigenvalue weighted by Crippen LogP contribution is -2.18. The number of aromatic amines is 1. The second-order valence-corrected chi connectivity index (χ2v) is 7.55. The first-order valence-corrected chi connectivity index (χ1v) is 9.76. The van der Waals surface area contributed by atoms with Crippen molar-refractivity contribution in [2.45, 2.75) is 0 Å². The fraction of sp³-hybridized carbons (Fsp3) is 0.111. The fourth-order valence-corrected chi connectivity index (χ4v) is 3.19. The van der Waals surface area contributed by atoms with Crippen molar-refractivity contribution in [1.29, 1.82) is 0 Å². The Hall–Kier alpha value is -3.33. The number of para-hydroxylation sites is 3. The maximum Gasteiger partial charge on any atom is 0.272 e. The molecule has 9 heteroatoms. The summed E-state index contributed by atoms with van der Waals surface area (Å²) >= 11 is 0. The second kappa shape index (κ2) is 7.12. The van der Waals surface area contributed by atoms with Crippen LogP contribution in [0.5, 0.6) is 5.75 Å². The highest BCUT2D eigenvalue weighted by Crippen LogP contribution is 2.24. The molecule has 0 aliphatic carbocycles. The van der Waals surface area contributed by atoms with Gasteiger partial charge in [0.25, 0.3) is 5.91 Å².